The summed E-state index contributed by atoms with van der Waals surface area (Å²) < 4.78 is 13.1. The quantitative estimate of drug-likeness (QED) is 0.792. The van der Waals surface area contributed by atoms with Crippen molar-refractivity contribution in [2.75, 3.05) is 42.5 Å². The molecule has 0 spiro atoms. The van der Waals surface area contributed by atoms with E-state index in [0.29, 0.717) is 24.8 Å². The van der Waals surface area contributed by atoms with Gasteiger partial charge in [0.05, 0.1) is 0 Å². The fourth-order valence-electron chi connectivity index (χ4n) is 4.33. The molecule has 3 heterocycles. The van der Waals surface area contributed by atoms with Gasteiger partial charge in [0.15, 0.2) is 0 Å². The number of carbonyl (C=O) groups is 1. The van der Waals surface area contributed by atoms with E-state index < -0.39 is 0 Å². The number of amides is 1. The van der Waals surface area contributed by atoms with Crippen LogP contribution in [-0.4, -0.2) is 59.5 Å². The second-order valence-corrected chi connectivity index (χ2v) is 7.77. The fraction of sp³-hybridized carbons (Fsp3) is 0.500. The molecule has 2 aliphatic heterocycles. The molecule has 1 aromatic heterocycles. The summed E-state index contributed by atoms with van der Waals surface area (Å²) in [7, 11) is 0. The lowest BCUT2D eigenvalue weighted by atomic mass is 10.00. The maximum Gasteiger partial charge on any atom is 0.272 e. The smallest absolute Gasteiger partial charge is 0.272 e. The molecule has 1 amide bonds. The van der Waals surface area contributed by atoms with Crippen LogP contribution in [-0.2, 0) is 0 Å². The van der Waals surface area contributed by atoms with Gasteiger partial charge in [-0.15, -0.1) is 0 Å². The van der Waals surface area contributed by atoms with E-state index in [0.717, 1.165) is 44.0 Å². The lowest BCUT2D eigenvalue weighted by Crippen LogP contribution is -2.49. The first kappa shape index (κ1) is 19.6. The van der Waals surface area contributed by atoms with Crippen LogP contribution in [0.2, 0.25) is 0 Å². The van der Waals surface area contributed by atoms with E-state index >= 15 is 0 Å². The predicted octanol–water partition coefficient (Wildman–Crippen LogP) is 3.35. The van der Waals surface area contributed by atoms with E-state index in [1.54, 1.807) is 12.1 Å². The number of aromatic nitrogens is 2. The summed E-state index contributed by atoms with van der Waals surface area (Å²) in [5, 5.41) is 0. The molecular formula is C22H28FN5O. The van der Waals surface area contributed by atoms with Gasteiger partial charge in [-0.25, -0.2) is 14.4 Å². The molecule has 0 saturated carbocycles. The molecule has 0 N–H and O–H groups in total. The molecule has 1 aromatic carbocycles. The number of piperazine rings is 1. The number of piperidine rings is 1. The third-order valence-corrected chi connectivity index (χ3v) is 6.02. The van der Waals surface area contributed by atoms with Gasteiger partial charge in [-0.2, -0.15) is 0 Å². The first-order valence-corrected chi connectivity index (χ1v) is 10.5. The molecule has 1 atom stereocenters. The van der Waals surface area contributed by atoms with Gasteiger partial charge in [-0.05, 0) is 49.9 Å². The van der Waals surface area contributed by atoms with Gasteiger partial charge in [-0.3, -0.25) is 4.79 Å². The van der Waals surface area contributed by atoms with Crippen LogP contribution in [0.4, 0.5) is 15.9 Å². The van der Waals surface area contributed by atoms with Crippen LogP contribution in [0.3, 0.4) is 0 Å². The van der Waals surface area contributed by atoms with Crippen molar-refractivity contribution in [3.63, 3.8) is 0 Å². The zero-order valence-electron chi connectivity index (χ0n) is 16.9. The van der Waals surface area contributed by atoms with Crippen LogP contribution >= 0.6 is 0 Å². The van der Waals surface area contributed by atoms with E-state index in [-0.39, 0.29) is 11.7 Å². The van der Waals surface area contributed by atoms with Gasteiger partial charge in [0, 0.05) is 50.5 Å². The Balaban J connectivity index is 1.42. The Kier molecular flexibility index (Phi) is 5.92. The van der Waals surface area contributed by atoms with Gasteiger partial charge < -0.3 is 14.7 Å². The molecule has 7 heteroatoms. The molecule has 6 nitrogen and oxygen atoms in total. The highest BCUT2D eigenvalue weighted by atomic mass is 19.1. The monoisotopic (exact) mass is 397 g/mol. The average molecular weight is 397 g/mol. The SMILES string of the molecule is CCC1CCCCN1c1cc(C(=O)N2CCN(c3ccc(F)cc3)CC2)ncn1. The summed E-state index contributed by atoms with van der Waals surface area (Å²) >= 11 is 0. The summed E-state index contributed by atoms with van der Waals surface area (Å²) in [5.41, 5.74) is 1.45. The third kappa shape index (κ3) is 4.33. The molecule has 1 unspecified atom stereocenters. The van der Waals surface area contributed by atoms with E-state index in [2.05, 4.69) is 26.7 Å². The number of halogens is 1. The molecule has 2 saturated heterocycles. The Bertz CT molecular complexity index is 835. The molecule has 2 aliphatic rings. The van der Waals surface area contributed by atoms with Crippen molar-refractivity contribution in [1.82, 2.24) is 14.9 Å². The Hall–Kier alpha value is -2.70. The zero-order chi connectivity index (χ0) is 20.2. The van der Waals surface area contributed by atoms with Crippen molar-refractivity contribution in [3.8, 4) is 0 Å². The zero-order valence-corrected chi connectivity index (χ0v) is 16.9. The number of carbonyl (C=O) groups excluding carboxylic acids is 1. The Morgan fingerprint density at radius 3 is 2.55 bits per heavy atom. The van der Waals surface area contributed by atoms with Gasteiger partial charge in [0.1, 0.15) is 23.7 Å². The molecule has 2 fully saturated rings. The molecule has 4 rings (SSSR count). The minimum atomic E-state index is -0.235. The van der Waals surface area contributed by atoms with Crippen LogP contribution in [0.15, 0.2) is 36.7 Å². The van der Waals surface area contributed by atoms with Crippen molar-refractivity contribution in [2.24, 2.45) is 0 Å². The Morgan fingerprint density at radius 2 is 1.83 bits per heavy atom. The van der Waals surface area contributed by atoms with E-state index in [9.17, 15) is 9.18 Å². The molecule has 2 aromatic rings. The Morgan fingerprint density at radius 1 is 1.07 bits per heavy atom. The summed E-state index contributed by atoms with van der Waals surface area (Å²) in [5.74, 6) is 0.582. The molecule has 0 bridgehead atoms. The number of rotatable bonds is 4. The highest BCUT2D eigenvalue weighted by molar-refractivity contribution is 5.93. The molecule has 154 valence electrons. The number of hydrogen-bond acceptors (Lipinski definition) is 5. The van der Waals surface area contributed by atoms with E-state index in [1.165, 1.54) is 31.3 Å². The number of nitrogens with zero attached hydrogens (tertiary/aromatic N) is 5. The topological polar surface area (TPSA) is 52.6 Å². The van der Waals surface area contributed by atoms with Crippen LogP contribution in [0.1, 0.15) is 43.1 Å². The van der Waals surface area contributed by atoms with Crippen molar-refractivity contribution in [1.29, 1.82) is 0 Å². The van der Waals surface area contributed by atoms with Gasteiger partial charge in [-0.1, -0.05) is 6.92 Å². The summed E-state index contributed by atoms with van der Waals surface area (Å²) in [6.45, 7) is 5.88. The molecule has 0 radical (unpaired) electrons. The minimum absolute atomic E-state index is 0.0440. The van der Waals surface area contributed by atoms with Gasteiger partial charge >= 0.3 is 0 Å². The summed E-state index contributed by atoms with van der Waals surface area (Å²) in [4.78, 5) is 28.1. The molecule has 29 heavy (non-hydrogen) atoms. The van der Waals surface area contributed by atoms with Crippen LogP contribution in [0.25, 0.3) is 0 Å². The highest BCUT2D eigenvalue weighted by Crippen LogP contribution is 2.25. The van der Waals surface area contributed by atoms with E-state index in [1.807, 2.05) is 11.0 Å². The normalized spacial score (nSPS) is 20.1. The highest BCUT2D eigenvalue weighted by Gasteiger charge is 2.26. The lowest BCUT2D eigenvalue weighted by molar-refractivity contribution is 0.0740. The van der Waals surface area contributed by atoms with Gasteiger partial charge in [0.2, 0.25) is 0 Å². The predicted molar refractivity (Wildman–Crippen MR) is 112 cm³/mol. The minimum Gasteiger partial charge on any atom is -0.368 e. The first-order chi connectivity index (χ1) is 14.2. The first-order valence-electron chi connectivity index (χ1n) is 10.5. The maximum absolute atomic E-state index is 13.1. The van der Waals surface area contributed by atoms with Crippen LogP contribution in [0.5, 0.6) is 0 Å². The van der Waals surface area contributed by atoms with Crippen LogP contribution < -0.4 is 9.80 Å². The second-order valence-electron chi connectivity index (χ2n) is 7.77. The Labute approximate surface area is 171 Å². The molecular weight excluding hydrogens is 369 g/mol. The van der Waals surface area contributed by atoms with Crippen molar-refractivity contribution in [3.05, 3.63) is 48.2 Å². The third-order valence-electron chi connectivity index (χ3n) is 6.02. The lowest BCUT2D eigenvalue weighted by Gasteiger charge is -2.37. The average Bonchev–Trinajstić information content (AvgIpc) is 2.79. The van der Waals surface area contributed by atoms with Gasteiger partial charge in [0.25, 0.3) is 5.91 Å². The van der Waals surface area contributed by atoms with Crippen molar-refractivity contribution < 1.29 is 9.18 Å². The summed E-state index contributed by atoms with van der Waals surface area (Å²) in [6, 6.07) is 8.85. The summed E-state index contributed by atoms with van der Waals surface area (Å²) in [6.07, 6.45) is 6.19. The maximum atomic E-state index is 13.1. The largest absolute Gasteiger partial charge is 0.368 e. The number of hydrogen-bond donors (Lipinski definition) is 0. The fourth-order valence-corrected chi connectivity index (χ4v) is 4.33. The standard InChI is InChI=1S/C22H28FN5O/c1-2-18-5-3-4-10-28(18)21-15-20(24-16-25-21)22(29)27-13-11-26(12-14-27)19-8-6-17(23)7-9-19/h6-9,15-16,18H,2-5,10-14H2,1H3. The van der Waals surface area contributed by atoms with E-state index in [4.69, 9.17) is 0 Å². The van der Waals surface area contributed by atoms with Crippen molar-refractivity contribution in [2.45, 2.75) is 38.6 Å². The van der Waals surface area contributed by atoms with Crippen LogP contribution in [0, 0.1) is 5.82 Å². The number of anilines is 2. The number of benzene rings is 1. The molecule has 0 aliphatic carbocycles. The second kappa shape index (κ2) is 8.76. The van der Waals surface area contributed by atoms with Crippen molar-refractivity contribution >= 4 is 17.4 Å².